The standard InChI is InChI=1S/C8H6O.C7H6O2.C6H12.6C6H6.C5H5N.C5H10O.C5H12S.2C5H12.C4H8.11C4H10.C3H4N2.2C2H6.CH4/c1-2-4-8-7(3-1)5-6-9-8;1-2-4-7-6(3-1)8-5-9-7;1-5(2)6-3-4-6;8*1-2-4-6-5-3-1;1-5(2,3)6-4;2*1-5(2,3)4;1-4-2-3-4;11*1-4(2)3;1-2-5-3-4-1;2*1-2;/h1-6H;1-4H,5H2;5-6H,3-4H2,1-2H3;6*1-6H;1-5H;1-5H2;1-4H3;2*1-4H3;4H,2-3H2,1H3;11*4H,1-3H3;1-2H,3H2;2*1-2H3;1H4. The number of benzene rings is 8. The van der Waals surface area contributed by atoms with Crippen LogP contribution in [0.3, 0.4) is 0 Å². The fourth-order valence-corrected chi connectivity index (χ4v) is 6.23. The number of rotatable bonds is 1. The summed E-state index contributed by atoms with van der Waals surface area (Å²) in [5.41, 5.74) is 1.96. The molecule has 1 saturated heterocycles. The van der Waals surface area contributed by atoms with E-state index in [1.165, 1.54) is 44.9 Å². The van der Waals surface area contributed by atoms with Crippen molar-refractivity contribution in [2.75, 3.05) is 32.9 Å². The van der Waals surface area contributed by atoms with Gasteiger partial charge in [-0.05, 0) is 168 Å². The number of fused-ring (bicyclic) bond motifs is 2. The molecule has 846 valence electrons. The Bertz CT molecular complexity index is 3000. The molecule has 3 fully saturated rings. The fraction of sp³-hybridized carbons (Fsp3) is 0.587. The molecule has 146 heavy (non-hydrogen) atoms. The SMILES string of the molecule is C.C1=NCN=C1.C1CCOCC1.CC.CC.CC(C)(C)C.CC(C)(C)C.CC(C)C.CC(C)C.CC(C)C.CC(C)C.CC(C)C.CC(C)C.CC(C)C.CC(C)C.CC(C)C.CC(C)C.CC(C)C.CC(C)C1CC1.CC1CC1.CSC(C)(C)C.c1ccc2c(c1)OCO2.c1ccc2occc2c1.c1ccccc1.c1ccccc1.c1ccccc1.c1ccccc1.c1ccccc1.c1ccccc1.c1ccncc1. The molecular weight excluding hydrogens is 1800 g/mol. The molecule has 0 spiro atoms. The number of hydrogen-bond donors (Lipinski definition) is 0. The van der Waals surface area contributed by atoms with E-state index in [0.717, 1.165) is 119 Å². The van der Waals surface area contributed by atoms with Gasteiger partial charge < -0.3 is 18.6 Å². The van der Waals surface area contributed by atoms with Gasteiger partial charge in [0, 0.05) is 48.2 Å². The fourth-order valence-electron chi connectivity index (χ4n) is 6.23. The molecule has 15 rings (SSSR count). The van der Waals surface area contributed by atoms with Crippen molar-refractivity contribution in [3.63, 3.8) is 0 Å². The highest BCUT2D eigenvalue weighted by atomic mass is 32.2. The van der Waals surface area contributed by atoms with Gasteiger partial charge in [-0.25, -0.2) is 0 Å². The Morgan fingerprint density at radius 2 is 0.473 bits per heavy atom. The Morgan fingerprint density at radius 1 is 0.281 bits per heavy atom. The number of hydrogen-bond acceptors (Lipinski definition) is 8. The molecule has 3 aliphatic heterocycles. The topological polar surface area (TPSA) is 78.4 Å². The van der Waals surface area contributed by atoms with Gasteiger partial charge in [-0.1, -0.05) is 628 Å². The maximum atomic E-state index is 5.12. The number of aromatic nitrogens is 1. The van der Waals surface area contributed by atoms with Crippen LogP contribution in [0.2, 0.25) is 0 Å². The first-order valence-electron chi connectivity index (χ1n) is 55.5. The van der Waals surface area contributed by atoms with Crippen LogP contribution in [0.4, 0.5) is 0 Å². The van der Waals surface area contributed by atoms with Crippen molar-refractivity contribution in [2.24, 2.45) is 104 Å². The van der Waals surface area contributed by atoms with Crippen molar-refractivity contribution in [1.29, 1.82) is 0 Å². The van der Waals surface area contributed by atoms with Gasteiger partial charge in [0.15, 0.2) is 11.5 Å². The molecule has 0 unspecified atom stereocenters. The van der Waals surface area contributed by atoms with Crippen LogP contribution in [0.15, 0.2) is 324 Å². The van der Waals surface area contributed by atoms with E-state index < -0.39 is 0 Å². The minimum Gasteiger partial charge on any atom is -0.464 e. The smallest absolute Gasteiger partial charge is 0.231 e. The third-order valence-electron chi connectivity index (χ3n) is 11.8. The molecule has 0 amide bonds. The van der Waals surface area contributed by atoms with Gasteiger partial charge >= 0.3 is 0 Å². The lowest BCUT2D eigenvalue weighted by atomic mass is 10.0. The Kier molecular flexibility index (Phi) is 160. The third-order valence-corrected chi connectivity index (χ3v) is 13.0. The molecule has 5 aliphatic rings. The van der Waals surface area contributed by atoms with Crippen LogP contribution < -0.4 is 9.47 Å². The van der Waals surface area contributed by atoms with Crippen LogP contribution in [0.1, 0.15) is 405 Å². The van der Waals surface area contributed by atoms with Crippen molar-refractivity contribution >= 4 is 35.2 Å². The zero-order chi connectivity index (χ0) is 115. The summed E-state index contributed by atoms with van der Waals surface area (Å²) in [6.07, 6.45) is 20.6. The van der Waals surface area contributed by atoms with E-state index in [0.29, 0.717) is 29.0 Å². The zero-order valence-corrected chi connectivity index (χ0v) is 106. The highest BCUT2D eigenvalue weighted by Gasteiger charge is 2.24. The van der Waals surface area contributed by atoms with Gasteiger partial charge in [0.25, 0.3) is 0 Å². The van der Waals surface area contributed by atoms with Crippen LogP contribution in [-0.4, -0.2) is 55.1 Å². The Labute approximate surface area is 920 Å². The minimum absolute atomic E-state index is 0. The quantitative estimate of drug-likeness (QED) is 0.163. The summed E-state index contributed by atoms with van der Waals surface area (Å²) in [6.45, 7) is 114. The lowest BCUT2D eigenvalue weighted by Crippen LogP contribution is -2.04. The molecule has 0 bridgehead atoms. The molecule has 2 saturated carbocycles. The monoisotopic (exact) mass is 2040 g/mol. The highest BCUT2D eigenvalue weighted by molar-refractivity contribution is 7.99. The van der Waals surface area contributed by atoms with E-state index in [-0.39, 0.29) is 7.43 Å². The normalized spacial score (nSPS) is 11.1. The molecule has 2 aromatic heterocycles. The van der Waals surface area contributed by atoms with Gasteiger partial charge in [0.1, 0.15) is 12.3 Å². The molecule has 2 aliphatic carbocycles. The molecule has 10 aromatic rings. The third kappa shape index (κ3) is 293. The average Bonchev–Trinajstić information content (AvgIpc) is 1.74. The molecule has 0 N–H and O–H groups in total. The van der Waals surface area contributed by atoms with E-state index in [1.807, 2.05) is 331 Å². The Balaban J connectivity index is -0.0000000941. The van der Waals surface area contributed by atoms with Gasteiger partial charge in [-0.3, -0.25) is 15.0 Å². The predicted octanol–water partition coefficient (Wildman–Crippen LogP) is 47.0. The molecule has 0 radical (unpaired) electrons. The molecule has 8 aromatic carbocycles. The van der Waals surface area contributed by atoms with Crippen LogP contribution in [0.25, 0.3) is 11.0 Å². The maximum absolute atomic E-state index is 5.12. The number of ether oxygens (including phenoxy) is 3. The Morgan fingerprint density at radius 3 is 0.589 bits per heavy atom. The average molecular weight is 2050 g/mol. The van der Waals surface area contributed by atoms with E-state index in [4.69, 9.17) is 18.6 Å². The molecular formula is C138H249N3O4S. The molecule has 8 heteroatoms. The van der Waals surface area contributed by atoms with Crippen LogP contribution in [0.5, 0.6) is 11.5 Å². The summed E-state index contributed by atoms with van der Waals surface area (Å²) in [5.74, 6) is 14.0. The van der Waals surface area contributed by atoms with Crippen molar-refractivity contribution in [3.05, 3.63) is 310 Å². The van der Waals surface area contributed by atoms with Crippen molar-refractivity contribution < 1.29 is 18.6 Å². The van der Waals surface area contributed by atoms with Crippen molar-refractivity contribution in [3.8, 4) is 11.5 Å². The zero-order valence-electron chi connectivity index (χ0n) is 105. The lowest BCUT2D eigenvalue weighted by molar-refractivity contribution is 0.0968. The summed E-state index contributed by atoms with van der Waals surface area (Å²) in [6, 6.07) is 95.2. The summed E-state index contributed by atoms with van der Waals surface area (Å²) >= 11 is 1.88. The molecule has 7 nitrogen and oxygen atoms in total. The second-order valence-corrected chi connectivity index (χ2v) is 47.5. The predicted molar refractivity (Wildman–Crippen MR) is 683 cm³/mol. The maximum Gasteiger partial charge on any atom is 0.231 e. The van der Waals surface area contributed by atoms with E-state index in [2.05, 4.69) is 347 Å². The largest absolute Gasteiger partial charge is 0.464 e. The van der Waals surface area contributed by atoms with Crippen LogP contribution in [-0.2, 0) is 4.74 Å². The molecule has 5 heterocycles. The number of para-hydroxylation sites is 3. The summed E-state index contributed by atoms with van der Waals surface area (Å²) in [7, 11) is 0. The number of furan rings is 1. The summed E-state index contributed by atoms with van der Waals surface area (Å²) in [5, 5.41) is 1.16. The van der Waals surface area contributed by atoms with Crippen LogP contribution >= 0.6 is 11.8 Å². The first-order chi connectivity index (χ1) is 67.7. The molecule has 0 atom stereocenters. The number of nitrogens with zero attached hydrogens (tertiary/aromatic N) is 3. The van der Waals surface area contributed by atoms with Crippen LogP contribution in [0, 0.1) is 93.7 Å². The van der Waals surface area contributed by atoms with Gasteiger partial charge in [-0.2, -0.15) is 11.8 Å². The summed E-state index contributed by atoms with van der Waals surface area (Å²) < 4.78 is 20.8. The number of aliphatic imine (C=N–C) groups is 2. The van der Waals surface area contributed by atoms with Crippen molar-refractivity contribution in [2.45, 2.75) is 410 Å². The lowest BCUT2D eigenvalue weighted by Gasteiger charge is -2.12. The number of thioether (sulfide) groups is 1. The first-order valence-corrected chi connectivity index (χ1v) is 56.7. The first kappa shape index (κ1) is 171. The van der Waals surface area contributed by atoms with Gasteiger partial charge in [-0.15, -0.1) is 0 Å². The van der Waals surface area contributed by atoms with Gasteiger partial charge in [0.2, 0.25) is 6.79 Å². The second-order valence-electron chi connectivity index (χ2n) is 45.9. The minimum atomic E-state index is 0. The van der Waals surface area contributed by atoms with E-state index in [9.17, 15) is 0 Å². The highest BCUT2D eigenvalue weighted by Crippen LogP contribution is 2.36. The van der Waals surface area contributed by atoms with E-state index in [1.54, 1.807) is 31.1 Å². The number of pyridine rings is 1. The second kappa shape index (κ2) is 137. The van der Waals surface area contributed by atoms with E-state index >= 15 is 0 Å². The summed E-state index contributed by atoms with van der Waals surface area (Å²) in [4.78, 5) is 11.3. The van der Waals surface area contributed by atoms with Crippen molar-refractivity contribution in [1.82, 2.24) is 4.98 Å². The van der Waals surface area contributed by atoms with Gasteiger partial charge in [0.05, 0.1) is 6.26 Å². The Hall–Kier alpha value is -8.30.